The average Bonchev–Trinajstić information content (AvgIpc) is 2.94. The molecule has 0 saturated carbocycles. The highest BCUT2D eigenvalue weighted by Crippen LogP contribution is 2.28. The van der Waals surface area contributed by atoms with E-state index in [1.807, 2.05) is 0 Å². The summed E-state index contributed by atoms with van der Waals surface area (Å²) in [4.78, 5) is 11.6. The standard InChI is InChI=1S/C13H21N5O/c1-2-18-6-7-19-11(8-18)13-15-10-5-3-4-9(10)12(16-13)17-14/h11H,2-8,14H2,1H3,(H,15,16,17). The molecule has 0 radical (unpaired) electrons. The van der Waals surface area contributed by atoms with Crippen LogP contribution in [0.2, 0.25) is 0 Å². The lowest BCUT2D eigenvalue weighted by molar-refractivity contribution is -0.0326. The van der Waals surface area contributed by atoms with E-state index in [9.17, 15) is 0 Å². The monoisotopic (exact) mass is 263 g/mol. The van der Waals surface area contributed by atoms with Gasteiger partial charge in [0, 0.05) is 24.3 Å². The molecule has 1 saturated heterocycles. The van der Waals surface area contributed by atoms with Gasteiger partial charge in [0.2, 0.25) is 0 Å². The van der Waals surface area contributed by atoms with E-state index in [4.69, 9.17) is 15.6 Å². The largest absolute Gasteiger partial charge is 0.368 e. The predicted molar refractivity (Wildman–Crippen MR) is 72.7 cm³/mol. The zero-order valence-corrected chi connectivity index (χ0v) is 11.4. The van der Waals surface area contributed by atoms with E-state index in [1.165, 1.54) is 5.56 Å². The van der Waals surface area contributed by atoms with Crippen LogP contribution in [0.5, 0.6) is 0 Å². The van der Waals surface area contributed by atoms with E-state index in [0.29, 0.717) is 0 Å². The van der Waals surface area contributed by atoms with Crippen LogP contribution >= 0.6 is 0 Å². The molecule has 1 aliphatic carbocycles. The second-order valence-electron chi connectivity index (χ2n) is 5.11. The lowest BCUT2D eigenvalue weighted by Crippen LogP contribution is -2.38. The minimum absolute atomic E-state index is 0.0355. The molecule has 1 aromatic rings. The molecule has 1 atom stereocenters. The number of nitrogens with two attached hydrogens (primary N) is 1. The first-order valence-corrected chi connectivity index (χ1v) is 7.02. The van der Waals surface area contributed by atoms with E-state index >= 15 is 0 Å². The maximum Gasteiger partial charge on any atom is 0.161 e. The van der Waals surface area contributed by atoms with Gasteiger partial charge in [0.15, 0.2) is 5.82 Å². The highest BCUT2D eigenvalue weighted by molar-refractivity contribution is 5.48. The number of hydrogen-bond donors (Lipinski definition) is 2. The lowest BCUT2D eigenvalue weighted by atomic mass is 10.2. The zero-order valence-electron chi connectivity index (χ0n) is 11.4. The van der Waals surface area contributed by atoms with Gasteiger partial charge in [-0.25, -0.2) is 15.8 Å². The minimum Gasteiger partial charge on any atom is -0.368 e. The fourth-order valence-electron chi connectivity index (χ4n) is 2.86. The first kappa shape index (κ1) is 12.8. The summed E-state index contributed by atoms with van der Waals surface area (Å²) in [5.74, 6) is 7.13. The number of morpholine rings is 1. The Labute approximate surface area is 113 Å². The molecule has 1 aliphatic heterocycles. The number of hydrazine groups is 1. The summed E-state index contributed by atoms with van der Waals surface area (Å²) in [5, 5.41) is 0. The van der Waals surface area contributed by atoms with Gasteiger partial charge in [-0.05, 0) is 25.8 Å². The van der Waals surface area contributed by atoms with Crippen molar-refractivity contribution in [2.45, 2.75) is 32.3 Å². The van der Waals surface area contributed by atoms with Gasteiger partial charge in [-0.15, -0.1) is 0 Å². The molecule has 2 heterocycles. The normalized spacial score (nSPS) is 23.4. The van der Waals surface area contributed by atoms with E-state index in [-0.39, 0.29) is 6.10 Å². The molecule has 104 valence electrons. The summed E-state index contributed by atoms with van der Waals surface area (Å²) in [6.45, 7) is 5.79. The fraction of sp³-hybridized carbons (Fsp3) is 0.692. The van der Waals surface area contributed by atoms with Crippen molar-refractivity contribution in [1.82, 2.24) is 14.9 Å². The van der Waals surface area contributed by atoms with Crippen molar-refractivity contribution < 1.29 is 4.74 Å². The van der Waals surface area contributed by atoms with Crippen molar-refractivity contribution in [3.63, 3.8) is 0 Å². The Morgan fingerprint density at radius 2 is 2.32 bits per heavy atom. The number of nitrogens with one attached hydrogen (secondary N) is 1. The number of nitrogen functional groups attached to an aromatic ring is 1. The van der Waals surface area contributed by atoms with E-state index in [1.54, 1.807) is 0 Å². The molecular formula is C13H21N5O. The molecule has 6 nitrogen and oxygen atoms in total. The van der Waals surface area contributed by atoms with Gasteiger partial charge in [0.1, 0.15) is 11.9 Å². The third-order valence-electron chi connectivity index (χ3n) is 3.97. The topological polar surface area (TPSA) is 76.3 Å². The molecule has 3 N–H and O–H groups in total. The predicted octanol–water partition coefficient (Wildman–Crippen LogP) is 0.644. The third kappa shape index (κ3) is 2.43. The maximum absolute atomic E-state index is 5.82. The van der Waals surface area contributed by atoms with Crippen molar-refractivity contribution in [1.29, 1.82) is 0 Å². The summed E-state index contributed by atoms with van der Waals surface area (Å²) < 4.78 is 5.82. The van der Waals surface area contributed by atoms with Crippen LogP contribution in [0.1, 0.15) is 36.5 Å². The number of ether oxygens (including phenoxy) is 1. The number of anilines is 1. The highest BCUT2D eigenvalue weighted by Gasteiger charge is 2.26. The number of likely N-dealkylation sites (N-methyl/N-ethyl adjacent to an activating group) is 1. The molecule has 0 spiro atoms. The summed E-state index contributed by atoms with van der Waals surface area (Å²) >= 11 is 0. The Hall–Kier alpha value is -1.24. The molecule has 0 amide bonds. The third-order valence-corrected chi connectivity index (χ3v) is 3.97. The molecule has 6 heteroatoms. The van der Waals surface area contributed by atoms with Crippen LogP contribution in [0, 0.1) is 0 Å². The first-order valence-electron chi connectivity index (χ1n) is 7.02. The van der Waals surface area contributed by atoms with Crippen LogP contribution in [0.15, 0.2) is 0 Å². The molecule has 1 unspecified atom stereocenters. The maximum atomic E-state index is 5.82. The van der Waals surface area contributed by atoms with Crippen LogP contribution in [0.4, 0.5) is 5.82 Å². The Morgan fingerprint density at radius 1 is 1.42 bits per heavy atom. The quantitative estimate of drug-likeness (QED) is 0.616. The minimum atomic E-state index is -0.0355. The van der Waals surface area contributed by atoms with Crippen molar-refractivity contribution in [2.24, 2.45) is 5.84 Å². The van der Waals surface area contributed by atoms with Gasteiger partial charge < -0.3 is 10.2 Å². The SMILES string of the molecule is CCN1CCOC(c2nc3c(c(NN)n2)CCC3)C1. The van der Waals surface area contributed by atoms with Crippen molar-refractivity contribution in [2.75, 3.05) is 31.7 Å². The van der Waals surface area contributed by atoms with Gasteiger partial charge in [0.25, 0.3) is 0 Å². The Morgan fingerprint density at radius 3 is 3.11 bits per heavy atom. The molecule has 2 aliphatic rings. The van der Waals surface area contributed by atoms with Crippen molar-refractivity contribution >= 4 is 5.82 Å². The van der Waals surface area contributed by atoms with Gasteiger partial charge in [-0.3, -0.25) is 4.90 Å². The second kappa shape index (κ2) is 5.40. The van der Waals surface area contributed by atoms with Crippen molar-refractivity contribution in [3.05, 3.63) is 17.1 Å². The first-order chi connectivity index (χ1) is 9.31. The van der Waals surface area contributed by atoms with E-state index < -0.39 is 0 Å². The van der Waals surface area contributed by atoms with Gasteiger partial charge >= 0.3 is 0 Å². The average molecular weight is 263 g/mol. The summed E-state index contributed by atoms with van der Waals surface area (Å²) in [6.07, 6.45) is 3.13. The molecular weight excluding hydrogens is 242 g/mol. The smallest absolute Gasteiger partial charge is 0.161 e. The summed E-state index contributed by atoms with van der Waals surface area (Å²) in [6, 6.07) is 0. The molecule has 0 aromatic carbocycles. The zero-order chi connectivity index (χ0) is 13.2. The van der Waals surface area contributed by atoms with Crippen LogP contribution in [0.25, 0.3) is 0 Å². The van der Waals surface area contributed by atoms with Crippen LogP contribution in [0.3, 0.4) is 0 Å². The number of aryl methyl sites for hydroxylation is 1. The molecule has 3 rings (SSSR count). The summed E-state index contributed by atoms with van der Waals surface area (Å²) in [7, 11) is 0. The van der Waals surface area contributed by atoms with Gasteiger partial charge in [-0.1, -0.05) is 6.92 Å². The van der Waals surface area contributed by atoms with Gasteiger partial charge in [-0.2, -0.15) is 0 Å². The highest BCUT2D eigenvalue weighted by atomic mass is 16.5. The second-order valence-corrected chi connectivity index (χ2v) is 5.11. The molecule has 19 heavy (non-hydrogen) atoms. The number of fused-ring (bicyclic) bond motifs is 1. The van der Waals surface area contributed by atoms with Crippen LogP contribution < -0.4 is 11.3 Å². The molecule has 1 fully saturated rings. The van der Waals surface area contributed by atoms with E-state index in [0.717, 1.165) is 62.8 Å². The number of aromatic nitrogens is 2. The molecule has 1 aromatic heterocycles. The Kier molecular flexibility index (Phi) is 3.63. The van der Waals surface area contributed by atoms with E-state index in [2.05, 4.69) is 22.2 Å². The lowest BCUT2D eigenvalue weighted by Gasteiger charge is -2.31. The Bertz CT molecular complexity index is 465. The van der Waals surface area contributed by atoms with Crippen LogP contribution in [-0.2, 0) is 17.6 Å². The van der Waals surface area contributed by atoms with Gasteiger partial charge in [0.05, 0.1) is 6.61 Å². The van der Waals surface area contributed by atoms with Crippen molar-refractivity contribution in [3.8, 4) is 0 Å². The number of nitrogens with zero attached hydrogens (tertiary/aromatic N) is 3. The van der Waals surface area contributed by atoms with Crippen LogP contribution in [-0.4, -0.2) is 41.1 Å². The summed E-state index contributed by atoms with van der Waals surface area (Å²) in [5.41, 5.74) is 5.02. The number of rotatable bonds is 3. The fourth-order valence-corrected chi connectivity index (χ4v) is 2.86. The number of hydrogen-bond acceptors (Lipinski definition) is 6. The molecule has 0 bridgehead atoms. The Balaban J connectivity index is 1.88.